The predicted octanol–water partition coefficient (Wildman–Crippen LogP) is 3.59. The van der Waals surface area contributed by atoms with Crippen LogP contribution in [0.15, 0.2) is 48.5 Å². The maximum absolute atomic E-state index is 11.2. The van der Waals surface area contributed by atoms with Gasteiger partial charge < -0.3 is 20.1 Å². The summed E-state index contributed by atoms with van der Waals surface area (Å²) in [4.78, 5) is 22.3. The third kappa shape index (κ3) is 8.89. The summed E-state index contributed by atoms with van der Waals surface area (Å²) in [6.45, 7) is 5.98. The van der Waals surface area contributed by atoms with Gasteiger partial charge in [0, 0.05) is 38.1 Å². The standard InChI is InChI=1S/C23H30N2O4/c1-18(26)28-22-12-6-4-10-20(22)16-24-14-8-3-9-15-25-17-21-11-5-7-13-23(21)29-19(2)27/h4-7,10-13,24-25H,3,8-9,14-17H2,1-2H3. The molecule has 0 aliphatic heterocycles. The first-order chi connectivity index (χ1) is 14.1. The van der Waals surface area contributed by atoms with Crippen LogP contribution in [-0.4, -0.2) is 25.0 Å². The fourth-order valence-electron chi connectivity index (χ4n) is 2.93. The Morgan fingerprint density at radius 1 is 0.690 bits per heavy atom. The molecule has 2 N–H and O–H groups in total. The summed E-state index contributed by atoms with van der Waals surface area (Å²) in [5, 5.41) is 6.80. The fourth-order valence-corrected chi connectivity index (χ4v) is 2.93. The number of rotatable bonds is 12. The third-order valence-electron chi connectivity index (χ3n) is 4.29. The Hall–Kier alpha value is -2.70. The lowest BCUT2D eigenvalue weighted by molar-refractivity contribution is -0.132. The zero-order valence-electron chi connectivity index (χ0n) is 17.2. The van der Waals surface area contributed by atoms with Crippen molar-refractivity contribution in [3.05, 3.63) is 59.7 Å². The molecule has 0 atom stereocenters. The molecule has 6 nitrogen and oxygen atoms in total. The average Bonchev–Trinajstić information content (AvgIpc) is 2.68. The van der Waals surface area contributed by atoms with Crippen LogP contribution < -0.4 is 20.1 Å². The topological polar surface area (TPSA) is 76.7 Å². The number of esters is 2. The van der Waals surface area contributed by atoms with E-state index in [2.05, 4.69) is 10.6 Å². The van der Waals surface area contributed by atoms with E-state index >= 15 is 0 Å². The minimum absolute atomic E-state index is 0.305. The van der Waals surface area contributed by atoms with Crippen LogP contribution in [0, 0.1) is 0 Å². The van der Waals surface area contributed by atoms with Gasteiger partial charge in [-0.25, -0.2) is 0 Å². The van der Waals surface area contributed by atoms with E-state index in [0.717, 1.165) is 43.5 Å². The number of unbranched alkanes of at least 4 members (excludes halogenated alkanes) is 2. The minimum atomic E-state index is -0.305. The van der Waals surface area contributed by atoms with Crippen molar-refractivity contribution in [1.29, 1.82) is 0 Å². The normalized spacial score (nSPS) is 10.6. The Balaban J connectivity index is 1.57. The quantitative estimate of drug-likeness (QED) is 0.323. The van der Waals surface area contributed by atoms with Gasteiger partial charge in [0.15, 0.2) is 0 Å². The monoisotopic (exact) mass is 398 g/mol. The van der Waals surface area contributed by atoms with Gasteiger partial charge in [-0.3, -0.25) is 9.59 Å². The van der Waals surface area contributed by atoms with Gasteiger partial charge in [-0.2, -0.15) is 0 Å². The SMILES string of the molecule is CC(=O)Oc1ccccc1CNCCCCCNCc1ccccc1OC(C)=O. The summed E-state index contributed by atoms with van der Waals surface area (Å²) in [6, 6.07) is 15.1. The van der Waals surface area contributed by atoms with E-state index in [4.69, 9.17) is 9.47 Å². The maximum Gasteiger partial charge on any atom is 0.308 e. The highest BCUT2D eigenvalue weighted by Gasteiger charge is 2.06. The van der Waals surface area contributed by atoms with Crippen LogP contribution in [-0.2, 0) is 22.7 Å². The first-order valence-electron chi connectivity index (χ1n) is 10.0. The summed E-state index contributed by atoms with van der Waals surface area (Å²) >= 11 is 0. The molecule has 0 spiro atoms. The number of carbonyl (C=O) groups is 2. The number of hydrogen-bond acceptors (Lipinski definition) is 6. The lowest BCUT2D eigenvalue weighted by Gasteiger charge is -2.11. The van der Waals surface area contributed by atoms with E-state index in [-0.39, 0.29) is 11.9 Å². The lowest BCUT2D eigenvalue weighted by atomic mass is 10.2. The fraction of sp³-hybridized carbons (Fsp3) is 0.391. The molecule has 0 heterocycles. The van der Waals surface area contributed by atoms with Crippen molar-refractivity contribution in [3.63, 3.8) is 0 Å². The second-order valence-corrected chi connectivity index (χ2v) is 6.82. The van der Waals surface area contributed by atoms with Crippen molar-refractivity contribution in [3.8, 4) is 11.5 Å². The van der Waals surface area contributed by atoms with Crippen LogP contribution >= 0.6 is 0 Å². The van der Waals surface area contributed by atoms with Gasteiger partial charge >= 0.3 is 11.9 Å². The zero-order chi connectivity index (χ0) is 20.9. The van der Waals surface area contributed by atoms with E-state index in [9.17, 15) is 9.59 Å². The predicted molar refractivity (Wildman–Crippen MR) is 113 cm³/mol. The largest absolute Gasteiger partial charge is 0.426 e. The molecular weight excluding hydrogens is 368 g/mol. The number of benzene rings is 2. The molecule has 0 aromatic heterocycles. The number of carbonyl (C=O) groups excluding carboxylic acids is 2. The molecule has 29 heavy (non-hydrogen) atoms. The Bertz CT molecular complexity index is 726. The number of para-hydroxylation sites is 2. The molecule has 156 valence electrons. The number of nitrogens with one attached hydrogen (secondary N) is 2. The summed E-state index contributed by atoms with van der Waals surface area (Å²) in [7, 11) is 0. The summed E-state index contributed by atoms with van der Waals surface area (Å²) < 4.78 is 10.4. The molecule has 0 radical (unpaired) electrons. The number of hydrogen-bond donors (Lipinski definition) is 2. The van der Waals surface area contributed by atoms with Crippen LogP contribution in [0.4, 0.5) is 0 Å². The lowest BCUT2D eigenvalue weighted by Crippen LogP contribution is -2.18. The first-order valence-corrected chi connectivity index (χ1v) is 10.0. The van der Waals surface area contributed by atoms with Crippen molar-refractivity contribution < 1.29 is 19.1 Å². The van der Waals surface area contributed by atoms with Crippen LogP contribution in [0.5, 0.6) is 11.5 Å². The second-order valence-electron chi connectivity index (χ2n) is 6.82. The molecule has 0 saturated heterocycles. The van der Waals surface area contributed by atoms with Gasteiger partial charge in [-0.05, 0) is 38.1 Å². The van der Waals surface area contributed by atoms with E-state index in [1.165, 1.54) is 13.8 Å². The Morgan fingerprint density at radius 2 is 1.10 bits per heavy atom. The second kappa shape index (κ2) is 12.7. The van der Waals surface area contributed by atoms with E-state index in [1.807, 2.05) is 48.5 Å². The molecule has 2 aromatic rings. The van der Waals surface area contributed by atoms with Crippen molar-refractivity contribution in [2.45, 2.75) is 46.2 Å². The molecule has 2 aromatic carbocycles. The van der Waals surface area contributed by atoms with Crippen molar-refractivity contribution in [2.75, 3.05) is 13.1 Å². The van der Waals surface area contributed by atoms with Crippen LogP contribution in [0.2, 0.25) is 0 Å². The molecule has 0 saturated carbocycles. The molecule has 0 fully saturated rings. The van der Waals surface area contributed by atoms with Crippen LogP contribution in [0.1, 0.15) is 44.2 Å². The average molecular weight is 399 g/mol. The summed E-state index contributed by atoms with van der Waals surface area (Å²) in [6.07, 6.45) is 3.25. The molecule has 0 amide bonds. The Labute approximate surface area is 172 Å². The molecule has 0 bridgehead atoms. The van der Waals surface area contributed by atoms with Gasteiger partial charge in [0.1, 0.15) is 11.5 Å². The van der Waals surface area contributed by atoms with E-state index < -0.39 is 0 Å². The van der Waals surface area contributed by atoms with Crippen LogP contribution in [0.25, 0.3) is 0 Å². The first kappa shape index (κ1) is 22.6. The third-order valence-corrected chi connectivity index (χ3v) is 4.29. The summed E-state index contributed by atoms with van der Waals surface area (Å²) in [5.41, 5.74) is 1.96. The van der Waals surface area contributed by atoms with Crippen molar-refractivity contribution >= 4 is 11.9 Å². The highest BCUT2D eigenvalue weighted by atomic mass is 16.5. The van der Waals surface area contributed by atoms with Crippen LogP contribution in [0.3, 0.4) is 0 Å². The zero-order valence-corrected chi connectivity index (χ0v) is 17.2. The molecule has 0 aliphatic carbocycles. The molecule has 0 unspecified atom stereocenters. The highest BCUT2D eigenvalue weighted by Crippen LogP contribution is 2.18. The van der Waals surface area contributed by atoms with Gasteiger partial charge in [0.25, 0.3) is 0 Å². The molecule has 2 rings (SSSR count). The van der Waals surface area contributed by atoms with Gasteiger partial charge in [0.05, 0.1) is 0 Å². The van der Waals surface area contributed by atoms with Gasteiger partial charge in [-0.1, -0.05) is 42.8 Å². The molecule has 0 aliphatic rings. The maximum atomic E-state index is 11.2. The Kier molecular flexibility index (Phi) is 9.89. The number of ether oxygens (including phenoxy) is 2. The van der Waals surface area contributed by atoms with Gasteiger partial charge in [0.2, 0.25) is 0 Å². The van der Waals surface area contributed by atoms with E-state index in [0.29, 0.717) is 24.6 Å². The summed E-state index contributed by atoms with van der Waals surface area (Å²) in [5.74, 6) is 0.623. The Morgan fingerprint density at radius 3 is 1.52 bits per heavy atom. The highest BCUT2D eigenvalue weighted by molar-refractivity contribution is 5.70. The van der Waals surface area contributed by atoms with E-state index in [1.54, 1.807) is 0 Å². The van der Waals surface area contributed by atoms with Crippen molar-refractivity contribution in [2.24, 2.45) is 0 Å². The molecular formula is C23H30N2O4. The molecule has 6 heteroatoms. The van der Waals surface area contributed by atoms with Gasteiger partial charge in [-0.15, -0.1) is 0 Å². The smallest absolute Gasteiger partial charge is 0.308 e. The van der Waals surface area contributed by atoms with Crippen molar-refractivity contribution in [1.82, 2.24) is 10.6 Å². The minimum Gasteiger partial charge on any atom is -0.426 e.